The highest BCUT2D eigenvalue weighted by Crippen LogP contribution is 2.30. The monoisotopic (exact) mass is 417 g/mol. The molecule has 2 rings (SSSR count). The summed E-state index contributed by atoms with van der Waals surface area (Å²) in [5.74, 6) is -0.756. The standard InChI is InChI=1S/C16H20BrNO5S/c1-4-22-15(19)16(2,24(3,20)21)10-13-9-14(18-23-13)11-5-7-12(17)8-6-11/h5-8,13H,4,9-10H2,1-3H3/t13-,16-/m1/s1. The number of hydrogen-bond donors (Lipinski definition) is 0. The van der Waals surface area contributed by atoms with E-state index in [1.165, 1.54) is 6.92 Å². The highest BCUT2D eigenvalue weighted by Gasteiger charge is 2.48. The average molecular weight is 418 g/mol. The van der Waals surface area contributed by atoms with Crippen molar-refractivity contribution >= 4 is 37.4 Å². The normalized spacial score (nSPS) is 20.0. The summed E-state index contributed by atoms with van der Waals surface area (Å²) < 4.78 is 28.5. The number of ether oxygens (including phenoxy) is 1. The predicted molar refractivity (Wildman–Crippen MR) is 94.7 cm³/mol. The van der Waals surface area contributed by atoms with Crippen molar-refractivity contribution in [2.45, 2.75) is 37.5 Å². The maximum Gasteiger partial charge on any atom is 0.327 e. The van der Waals surface area contributed by atoms with E-state index in [-0.39, 0.29) is 13.0 Å². The highest BCUT2D eigenvalue weighted by molar-refractivity contribution is 9.10. The Morgan fingerprint density at radius 1 is 1.42 bits per heavy atom. The molecule has 0 radical (unpaired) electrons. The molecule has 1 aliphatic rings. The zero-order valence-corrected chi connectivity index (χ0v) is 16.2. The highest BCUT2D eigenvalue weighted by atomic mass is 79.9. The number of nitrogens with zero attached hydrogens (tertiary/aromatic N) is 1. The fourth-order valence-electron chi connectivity index (χ4n) is 2.45. The maximum absolute atomic E-state index is 12.2. The summed E-state index contributed by atoms with van der Waals surface area (Å²) in [7, 11) is -3.67. The minimum atomic E-state index is -3.67. The molecule has 0 N–H and O–H groups in total. The van der Waals surface area contributed by atoms with Crippen LogP contribution in [0.2, 0.25) is 0 Å². The Balaban J connectivity index is 2.13. The number of oxime groups is 1. The Kier molecular flexibility index (Phi) is 5.70. The van der Waals surface area contributed by atoms with Crippen molar-refractivity contribution in [1.82, 2.24) is 0 Å². The van der Waals surface area contributed by atoms with E-state index < -0.39 is 26.7 Å². The van der Waals surface area contributed by atoms with Gasteiger partial charge in [-0.25, -0.2) is 8.42 Å². The first kappa shape index (κ1) is 18.9. The molecule has 0 aliphatic carbocycles. The molecule has 0 spiro atoms. The van der Waals surface area contributed by atoms with Crippen LogP contribution in [-0.4, -0.2) is 43.8 Å². The van der Waals surface area contributed by atoms with Crippen LogP contribution in [-0.2, 0) is 24.2 Å². The van der Waals surface area contributed by atoms with Gasteiger partial charge < -0.3 is 9.57 Å². The van der Waals surface area contributed by atoms with Crippen molar-refractivity contribution in [3.8, 4) is 0 Å². The Hall–Kier alpha value is -1.41. The topological polar surface area (TPSA) is 82.0 Å². The molecule has 8 heteroatoms. The van der Waals surface area contributed by atoms with E-state index >= 15 is 0 Å². The summed E-state index contributed by atoms with van der Waals surface area (Å²) in [6, 6.07) is 7.58. The molecule has 0 unspecified atom stereocenters. The summed E-state index contributed by atoms with van der Waals surface area (Å²) in [4.78, 5) is 17.6. The van der Waals surface area contributed by atoms with Gasteiger partial charge in [0.05, 0.1) is 12.3 Å². The molecule has 0 saturated carbocycles. The summed E-state index contributed by atoms with van der Waals surface area (Å²) in [6.07, 6.45) is 0.975. The molecule has 0 fully saturated rings. The molecule has 24 heavy (non-hydrogen) atoms. The molecular weight excluding hydrogens is 398 g/mol. The van der Waals surface area contributed by atoms with Crippen molar-refractivity contribution < 1.29 is 22.8 Å². The second-order valence-electron chi connectivity index (χ2n) is 5.90. The quantitative estimate of drug-likeness (QED) is 0.664. The SMILES string of the molecule is CCOC(=O)[C@@](C)(C[C@H]1CC(c2ccc(Br)cc2)=NO1)S(C)(=O)=O. The van der Waals surface area contributed by atoms with E-state index in [0.717, 1.165) is 22.0 Å². The van der Waals surface area contributed by atoms with E-state index in [0.29, 0.717) is 6.42 Å². The van der Waals surface area contributed by atoms with Crippen molar-refractivity contribution in [3.63, 3.8) is 0 Å². The largest absolute Gasteiger partial charge is 0.465 e. The summed E-state index contributed by atoms with van der Waals surface area (Å²) in [5.41, 5.74) is 1.63. The third-order valence-electron chi connectivity index (χ3n) is 4.05. The molecule has 0 bridgehead atoms. The van der Waals surface area contributed by atoms with Crippen molar-refractivity contribution in [2.24, 2.45) is 5.16 Å². The Bertz CT molecular complexity index is 744. The maximum atomic E-state index is 12.2. The van der Waals surface area contributed by atoms with Gasteiger partial charge in [0, 0.05) is 23.6 Å². The van der Waals surface area contributed by atoms with Gasteiger partial charge in [0.25, 0.3) is 0 Å². The van der Waals surface area contributed by atoms with Crippen LogP contribution < -0.4 is 0 Å². The molecule has 0 saturated heterocycles. The fourth-order valence-corrected chi connectivity index (χ4v) is 3.57. The Morgan fingerprint density at radius 3 is 2.58 bits per heavy atom. The van der Waals surface area contributed by atoms with Gasteiger partial charge in [-0.3, -0.25) is 4.79 Å². The van der Waals surface area contributed by atoms with Crippen LogP contribution in [0.25, 0.3) is 0 Å². The first-order chi connectivity index (χ1) is 11.2. The first-order valence-corrected chi connectivity index (χ1v) is 10.2. The molecule has 1 aromatic carbocycles. The van der Waals surface area contributed by atoms with Crippen molar-refractivity contribution in [2.75, 3.05) is 12.9 Å². The van der Waals surface area contributed by atoms with Crippen LogP contribution in [0.5, 0.6) is 0 Å². The van der Waals surface area contributed by atoms with Gasteiger partial charge in [0.2, 0.25) is 0 Å². The van der Waals surface area contributed by atoms with E-state index in [1.807, 2.05) is 24.3 Å². The molecule has 2 atom stereocenters. The molecule has 6 nitrogen and oxygen atoms in total. The van der Waals surface area contributed by atoms with E-state index in [4.69, 9.17) is 9.57 Å². The van der Waals surface area contributed by atoms with Gasteiger partial charge in [-0.1, -0.05) is 33.2 Å². The van der Waals surface area contributed by atoms with Crippen LogP contribution in [0, 0.1) is 0 Å². The Morgan fingerprint density at radius 2 is 2.04 bits per heavy atom. The molecule has 1 heterocycles. The number of sulfone groups is 1. The van der Waals surface area contributed by atoms with Crippen LogP contribution in [0.4, 0.5) is 0 Å². The van der Waals surface area contributed by atoms with Gasteiger partial charge in [0.15, 0.2) is 14.6 Å². The van der Waals surface area contributed by atoms with Crippen molar-refractivity contribution in [1.29, 1.82) is 0 Å². The predicted octanol–water partition coefficient (Wildman–Crippen LogP) is 2.70. The van der Waals surface area contributed by atoms with Gasteiger partial charge in [-0.05, 0) is 31.5 Å². The zero-order valence-electron chi connectivity index (χ0n) is 13.8. The minimum absolute atomic E-state index is 0.00576. The lowest BCUT2D eigenvalue weighted by Gasteiger charge is -2.27. The smallest absolute Gasteiger partial charge is 0.327 e. The van der Waals surface area contributed by atoms with Crippen molar-refractivity contribution in [3.05, 3.63) is 34.3 Å². The Labute approximate surface area is 150 Å². The number of carbonyl (C=O) groups excluding carboxylic acids is 1. The average Bonchev–Trinajstić information content (AvgIpc) is 2.95. The van der Waals surface area contributed by atoms with Crippen LogP contribution in [0.3, 0.4) is 0 Å². The second-order valence-corrected chi connectivity index (χ2v) is 9.27. The number of esters is 1. The molecule has 1 aliphatic heterocycles. The second kappa shape index (κ2) is 7.23. The van der Waals surface area contributed by atoms with Gasteiger partial charge in [-0.15, -0.1) is 0 Å². The molecule has 132 valence electrons. The summed E-state index contributed by atoms with van der Waals surface area (Å²) in [6.45, 7) is 3.14. The fraction of sp³-hybridized carbons (Fsp3) is 0.500. The van der Waals surface area contributed by atoms with E-state index in [9.17, 15) is 13.2 Å². The number of rotatable bonds is 6. The number of benzene rings is 1. The lowest BCUT2D eigenvalue weighted by atomic mass is 9.97. The molecule has 0 amide bonds. The summed E-state index contributed by atoms with van der Waals surface area (Å²) in [5, 5.41) is 4.04. The van der Waals surface area contributed by atoms with Gasteiger partial charge >= 0.3 is 5.97 Å². The number of carbonyl (C=O) groups is 1. The third kappa shape index (κ3) is 3.97. The third-order valence-corrected chi connectivity index (χ3v) is 6.55. The van der Waals surface area contributed by atoms with E-state index in [2.05, 4.69) is 21.1 Å². The lowest BCUT2D eigenvalue weighted by Crippen LogP contribution is -2.47. The first-order valence-electron chi connectivity index (χ1n) is 7.53. The van der Waals surface area contributed by atoms with Crippen LogP contribution in [0.15, 0.2) is 33.9 Å². The number of halogens is 1. The molecule has 0 aromatic heterocycles. The van der Waals surface area contributed by atoms with Crippen LogP contribution in [0.1, 0.15) is 32.3 Å². The minimum Gasteiger partial charge on any atom is -0.465 e. The van der Waals surface area contributed by atoms with Gasteiger partial charge in [0.1, 0.15) is 6.10 Å². The summed E-state index contributed by atoms with van der Waals surface area (Å²) >= 11 is 3.37. The number of hydrogen-bond acceptors (Lipinski definition) is 6. The molecular formula is C16H20BrNO5S. The zero-order chi connectivity index (χ0) is 18.0. The van der Waals surface area contributed by atoms with E-state index in [1.54, 1.807) is 6.92 Å². The van der Waals surface area contributed by atoms with Crippen LogP contribution >= 0.6 is 15.9 Å². The van der Waals surface area contributed by atoms with Gasteiger partial charge in [-0.2, -0.15) is 0 Å². The lowest BCUT2D eigenvalue weighted by molar-refractivity contribution is -0.146. The molecule has 1 aromatic rings.